The number of amides is 3. The van der Waals surface area contributed by atoms with Crippen molar-refractivity contribution in [2.45, 2.75) is 38.9 Å². The first-order valence-corrected chi connectivity index (χ1v) is 10.9. The number of carboxylic acid groups (broad SMARTS) is 1. The van der Waals surface area contributed by atoms with E-state index in [1.54, 1.807) is 68.4 Å². The van der Waals surface area contributed by atoms with Gasteiger partial charge in [0.1, 0.15) is 12.3 Å². The first-order valence-electron chi connectivity index (χ1n) is 10.9. The van der Waals surface area contributed by atoms with E-state index in [0.29, 0.717) is 11.8 Å². The summed E-state index contributed by atoms with van der Waals surface area (Å²) in [5.41, 5.74) is 1.16. The molecule has 2 aromatic carbocycles. The Bertz CT molecular complexity index is 994. The molecule has 0 radical (unpaired) electrons. The van der Waals surface area contributed by atoms with Crippen LogP contribution in [0.5, 0.6) is 0 Å². The fraction of sp³-hybridized carbons (Fsp3) is 0.320. The molecule has 0 aliphatic heterocycles. The fourth-order valence-corrected chi connectivity index (χ4v) is 3.29. The Morgan fingerprint density at radius 2 is 1.53 bits per heavy atom. The van der Waals surface area contributed by atoms with Gasteiger partial charge in [-0.05, 0) is 23.6 Å². The van der Waals surface area contributed by atoms with Gasteiger partial charge in [0.05, 0.1) is 19.0 Å². The summed E-state index contributed by atoms with van der Waals surface area (Å²) in [5, 5.41) is 14.0. The summed E-state index contributed by atoms with van der Waals surface area (Å²) in [6.07, 6.45) is -0.226. The van der Waals surface area contributed by atoms with Gasteiger partial charge < -0.3 is 25.4 Å². The molecule has 34 heavy (non-hydrogen) atoms. The van der Waals surface area contributed by atoms with Crippen molar-refractivity contribution in [2.75, 3.05) is 6.54 Å². The second kappa shape index (κ2) is 12.9. The highest BCUT2D eigenvalue weighted by Gasteiger charge is 2.30. The van der Waals surface area contributed by atoms with E-state index in [4.69, 9.17) is 5.11 Å². The quantitative estimate of drug-likeness (QED) is 0.407. The third-order valence-electron chi connectivity index (χ3n) is 5.02. The second-order valence-corrected chi connectivity index (χ2v) is 8.15. The van der Waals surface area contributed by atoms with Crippen LogP contribution in [-0.2, 0) is 25.7 Å². The van der Waals surface area contributed by atoms with Crippen molar-refractivity contribution in [3.8, 4) is 0 Å². The smallest absolute Gasteiger partial charge is 0.305 e. The first-order chi connectivity index (χ1) is 16.2. The average molecular weight is 468 g/mol. The molecular weight excluding hydrogens is 438 g/mol. The lowest BCUT2D eigenvalue weighted by Crippen LogP contribution is -2.53. The van der Waals surface area contributed by atoms with Crippen LogP contribution in [0.3, 0.4) is 0 Å². The SMILES string of the molecule is CC(C)C(NC(=O)c1ccccc1)C(=O)N(CC(=O)NC(C=O)CC(=O)O)Cc1ccccc1. The number of hydrogen-bond acceptors (Lipinski definition) is 5. The zero-order valence-electron chi connectivity index (χ0n) is 19.1. The largest absolute Gasteiger partial charge is 0.481 e. The minimum Gasteiger partial charge on any atom is -0.481 e. The number of rotatable bonds is 12. The lowest BCUT2D eigenvalue weighted by atomic mass is 10.0. The van der Waals surface area contributed by atoms with Crippen LogP contribution in [0.25, 0.3) is 0 Å². The molecule has 2 aromatic rings. The number of aldehydes is 1. The summed E-state index contributed by atoms with van der Waals surface area (Å²) in [7, 11) is 0. The summed E-state index contributed by atoms with van der Waals surface area (Å²) >= 11 is 0. The van der Waals surface area contributed by atoms with Crippen molar-refractivity contribution < 1.29 is 29.1 Å². The minimum atomic E-state index is -1.24. The van der Waals surface area contributed by atoms with Crippen LogP contribution in [0.1, 0.15) is 36.2 Å². The van der Waals surface area contributed by atoms with Gasteiger partial charge in [-0.2, -0.15) is 0 Å². The highest BCUT2D eigenvalue weighted by atomic mass is 16.4. The molecule has 0 aliphatic rings. The Labute approximate surface area is 198 Å². The molecule has 3 N–H and O–H groups in total. The van der Waals surface area contributed by atoms with Gasteiger partial charge in [0.15, 0.2) is 0 Å². The normalized spacial score (nSPS) is 12.3. The predicted octanol–water partition coefficient (Wildman–Crippen LogP) is 1.63. The van der Waals surface area contributed by atoms with E-state index in [1.165, 1.54) is 4.90 Å². The van der Waals surface area contributed by atoms with Gasteiger partial charge in [-0.15, -0.1) is 0 Å². The highest BCUT2D eigenvalue weighted by molar-refractivity contribution is 5.98. The summed E-state index contributed by atoms with van der Waals surface area (Å²) in [5.74, 6) is -3.09. The zero-order chi connectivity index (χ0) is 25.1. The van der Waals surface area contributed by atoms with Crippen LogP contribution in [-0.4, -0.2) is 58.6 Å². The third-order valence-corrected chi connectivity index (χ3v) is 5.02. The molecule has 0 aromatic heterocycles. The van der Waals surface area contributed by atoms with Crippen molar-refractivity contribution in [1.82, 2.24) is 15.5 Å². The van der Waals surface area contributed by atoms with Crippen LogP contribution in [0.4, 0.5) is 0 Å². The Hall–Kier alpha value is -4.01. The number of nitrogens with zero attached hydrogens (tertiary/aromatic N) is 1. The molecule has 2 atom stereocenters. The van der Waals surface area contributed by atoms with Crippen LogP contribution >= 0.6 is 0 Å². The molecule has 180 valence electrons. The topological polar surface area (TPSA) is 133 Å². The molecular formula is C25H29N3O6. The van der Waals surface area contributed by atoms with E-state index in [2.05, 4.69) is 10.6 Å². The second-order valence-electron chi connectivity index (χ2n) is 8.15. The average Bonchev–Trinajstić information content (AvgIpc) is 2.81. The van der Waals surface area contributed by atoms with Gasteiger partial charge in [0, 0.05) is 12.1 Å². The van der Waals surface area contributed by atoms with E-state index in [-0.39, 0.29) is 12.5 Å². The lowest BCUT2D eigenvalue weighted by molar-refractivity contribution is -0.141. The summed E-state index contributed by atoms with van der Waals surface area (Å²) in [6, 6.07) is 15.4. The lowest BCUT2D eigenvalue weighted by Gasteiger charge is -2.30. The van der Waals surface area contributed by atoms with Crippen molar-refractivity contribution in [2.24, 2.45) is 5.92 Å². The van der Waals surface area contributed by atoms with Gasteiger partial charge in [-0.25, -0.2) is 0 Å². The number of aliphatic carboxylic acids is 1. The molecule has 0 saturated carbocycles. The van der Waals surface area contributed by atoms with Gasteiger partial charge in [-0.1, -0.05) is 62.4 Å². The number of nitrogens with one attached hydrogen (secondary N) is 2. The maximum atomic E-state index is 13.5. The van der Waals surface area contributed by atoms with Gasteiger partial charge in [0.2, 0.25) is 11.8 Å². The minimum absolute atomic E-state index is 0.0855. The molecule has 0 fully saturated rings. The Morgan fingerprint density at radius 1 is 0.941 bits per heavy atom. The van der Waals surface area contributed by atoms with Crippen LogP contribution in [0, 0.1) is 5.92 Å². The molecule has 3 amide bonds. The van der Waals surface area contributed by atoms with Crippen LogP contribution < -0.4 is 10.6 Å². The number of benzene rings is 2. The molecule has 0 bridgehead atoms. The Balaban J connectivity index is 2.23. The number of carbonyl (C=O) groups excluding carboxylic acids is 4. The first kappa shape index (κ1) is 26.2. The van der Waals surface area contributed by atoms with Crippen LogP contribution in [0.15, 0.2) is 60.7 Å². The molecule has 9 nitrogen and oxygen atoms in total. The maximum Gasteiger partial charge on any atom is 0.305 e. The summed E-state index contributed by atoms with van der Waals surface area (Å²) < 4.78 is 0. The van der Waals surface area contributed by atoms with E-state index >= 15 is 0 Å². The van der Waals surface area contributed by atoms with Crippen molar-refractivity contribution in [1.29, 1.82) is 0 Å². The number of carboxylic acids is 1. The number of hydrogen-bond donors (Lipinski definition) is 3. The summed E-state index contributed by atoms with van der Waals surface area (Å²) in [4.78, 5) is 62.1. The zero-order valence-corrected chi connectivity index (χ0v) is 19.1. The molecule has 2 rings (SSSR count). The van der Waals surface area contributed by atoms with Crippen molar-refractivity contribution >= 4 is 30.0 Å². The van der Waals surface area contributed by atoms with E-state index in [1.807, 2.05) is 6.07 Å². The maximum absolute atomic E-state index is 13.5. The number of carbonyl (C=O) groups is 5. The van der Waals surface area contributed by atoms with Crippen molar-refractivity contribution in [3.05, 3.63) is 71.8 Å². The summed E-state index contributed by atoms with van der Waals surface area (Å²) in [6.45, 7) is 3.23. The van der Waals surface area contributed by atoms with Gasteiger partial charge in [0.25, 0.3) is 5.91 Å². The Kier molecular flexibility index (Phi) is 9.94. The molecule has 0 saturated heterocycles. The van der Waals surface area contributed by atoms with E-state index in [0.717, 1.165) is 5.56 Å². The molecule has 0 spiro atoms. The monoisotopic (exact) mass is 467 g/mol. The van der Waals surface area contributed by atoms with E-state index in [9.17, 15) is 24.0 Å². The highest BCUT2D eigenvalue weighted by Crippen LogP contribution is 2.12. The predicted molar refractivity (Wildman–Crippen MR) is 125 cm³/mol. The third kappa shape index (κ3) is 8.16. The van der Waals surface area contributed by atoms with Gasteiger partial charge >= 0.3 is 5.97 Å². The molecule has 9 heteroatoms. The standard InChI is InChI=1S/C25H29N3O6/c1-17(2)23(27-24(33)19-11-7-4-8-12-19)25(34)28(14-18-9-5-3-6-10-18)15-21(30)26-20(16-29)13-22(31)32/h3-12,16-17,20,23H,13-15H2,1-2H3,(H,26,30)(H,27,33)(H,31,32). The molecule has 2 unspecified atom stereocenters. The van der Waals surface area contributed by atoms with Gasteiger partial charge in [-0.3, -0.25) is 19.2 Å². The van der Waals surface area contributed by atoms with Crippen molar-refractivity contribution in [3.63, 3.8) is 0 Å². The van der Waals surface area contributed by atoms with E-state index < -0.39 is 48.7 Å². The Morgan fingerprint density at radius 3 is 2.06 bits per heavy atom. The molecule has 0 heterocycles. The fourth-order valence-electron chi connectivity index (χ4n) is 3.29. The molecule has 0 aliphatic carbocycles. The van der Waals surface area contributed by atoms with Crippen LogP contribution in [0.2, 0.25) is 0 Å².